The molecule has 3 unspecified atom stereocenters. The zero-order chi connectivity index (χ0) is 28.3. The van der Waals surface area contributed by atoms with Gasteiger partial charge in [0.05, 0.1) is 6.04 Å². The van der Waals surface area contributed by atoms with Crippen LogP contribution in [0.4, 0.5) is 0 Å². The van der Waals surface area contributed by atoms with Crippen LogP contribution in [0.25, 0.3) is 11.1 Å². The van der Waals surface area contributed by atoms with Gasteiger partial charge < -0.3 is 26.2 Å². The van der Waals surface area contributed by atoms with Crippen molar-refractivity contribution in [2.75, 3.05) is 13.2 Å². The summed E-state index contributed by atoms with van der Waals surface area (Å²) in [5, 5.41) is 29.8. The van der Waals surface area contributed by atoms with Gasteiger partial charge in [-0.3, -0.25) is 19.2 Å². The summed E-state index contributed by atoms with van der Waals surface area (Å²) in [7, 11) is 0. The predicted octanol–water partition coefficient (Wildman–Crippen LogP) is 1.93. The molecule has 0 spiro atoms. The fourth-order valence-electron chi connectivity index (χ4n) is 6.51. The quantitative estimate of drug-likeness (QED) is 0.307. The van der Waals surface area contributed by atoms with Crippen LogP contribution < -0.4 is 16.0 Å². The molecule has 0 radical (unpaired) electrons. The van der Waals surface area contributed by atoms with Crippen LogP contribution in [0.1, 0.15) is 62.5 Å². The van der Waals surface area contributed by atoms with Crippen LogP contribution >= 0.6 is 0 Å². The van der Waals surface area contributed by atoms with E-state index in [0.717, 1.165) is 43.2 Å². The maximum absolute atomic E-state index is 13.9. The lowest BCUT2D eigenvalue weighted by molar-refractivity contribution is -0.140. The number of hydrogen-bond donors (Lipinski definition) is 5. The van der Waals surface area contributed by atoms with Gasteiger partial charge in [0.15, 0.2) is 11.4 Å². The molecule has 3 atom stereocenters. The maximum Gasteiger partial charge on any atom is 0.262 e. The van der Waals surface area contributed by atoms with E-state index in [1.54, 1.807) is 24.3 Å². The van der Waals surface area contributed by atoms with Gasteiger partial charge in [0, 0.05) is 23.6 Å². The molecule has 9 heteroatoms. The standard InChI is InChI=1S/C31H37N3O6/c35-18-27(36)25(17-20-14-15-32-28(20)37)33-29(38)26(16-19-8-2-1-3-9-19)34-30(39)31(40)23-12-6-4-10-21(23)22-11-5-7-13-24(22)31/h4-7,10-13,19-20,25-26,35,40H,1-3,8-9,14-18H2,(H,32,37)(H,33,38)(H,34,39). The van der Waals surface area contributed by atoms with Gasteiger partial charge in [0.1, 0.15) is 12.6 Å². The summed E-state index contributed by atoms with van der Waals surface area (Å²) in [4.78, 5) is 52.4. The SMILES string of the molecule is O=C1NCCC1CC(NC(=O)C(CC1CCCCC1)NC(=O)C1(O)c2ccccc2-c2ccccc21)C(=O)CO. The first-order chi connectivity index (χ1) is 19.3. The molecule has 2 fully saturated rings. The average Bonchev–Trinajstić information content (AvgIpc) is 3.51. The first-order valence-electron chi connectivity index (χ1n) is 14.3. The third kappa shape index (κ3) is 5.40. The monoisotopic (exact) mass is 547 g/mol. The number of aliphatic hydroxyl groups excluding tert-OH is 1. The summed E-state index contributed by atoms with van der Waals surface area (Å²) in [6.45, 7) is -0.272. The van der Waals surface area contributed by atoms with Crippen LogP contribution in [0, 0.1) is 11.8 Å². The Hall–Kier alpha value is -3.56. The average molecular weight is 548 g/mol. The topological polar surface area (TPSA) is 145 Å². The fraction of sp³-hybridized carbons (Fsp3) is 0.484. The van der Waals surface area contributed by atoms with E-state index < -0.39 is 47.8 Å². The van der Waals surface area contributed by atoms with Crippen molar-refractivity contribution in [2.24, 2.45) is 11.8 Å². The van der Waals surface area contributed by atoms with Crippen molar-refractivity contribution in [3.63, 3.8) is 0 Å². The van der Waals surface area contributed by atoms with Crippen LogP contribution in [-0.2, 0) is 24.8 Å². The molecule has 1 saturated carbocycles. The molecular weight excluding hydrogens is 510 g/mol. The molecule has 3 amide bonds. The number of aliphatic hydroxyl groups is 2. The van der Waals surface area contributed by atoms with Crippen molar-refractivity contribution >= 4 is 23.5 Å². The molecule has 3 aliphatic rings. The Labute approximate surface area is 233 Å². The second kappa shape index (κ2) is 11.9. The van der Waals surface area contributed by atoms with Gasteiger partial charge in [0.25, 0.3) is 5.91 Å². The van der Waals surface area contributed by atoms with E-state index in [0.29, 0.717) is 30.5 Å². The summed E-state index contributed by atoms with van der Waals surface area (Å²) in [5.41, 5.74) is 0.428. The molecule has 5 N–H and O–H groups in total. The second-order valence-corrected chi connectivity index (χ2v) is 11.3. The van der Waals surface area contributed by atoms with Crippen molar-refractivity contribution in [3.05, 3.63) is 59.7 Å². The molecule has 40 heavy (non-hydrogen) atoms. The van der Waals surface area contributed by atoms with Crippen LogP contribution in [0.3, 0.4) is 0 Å². The smallest absolute Gasteiger partial charge is 0.262 e. The van der Waals surface area contributed by atoms with Gasteiger partial charge in [-0.25, -0.2) is 0 Å². The number of nitrogens with one attached hydrogen (secondary N) is 3. The Morgan fingerprint density at radius 2 is 1.50 bits per heavy atom. The minimum absolute atomic E-state index is 0.0751. The summed E-state index contributed by atoms with van der Waals surface area (Å²) >= 11 is 0. The van der Waals surface area contributed by atoms with Gasteiger partial charge in [-0.15, -0.1) is 0 Å². The van der Waals surface area contributed by atoms with E-state index in [2.05, 4.69) is 16.0 Å². The van der Waals surface area contributed by atoms with Crippen LogP contribution in [0.5, 0.6) is 0 Å². The minimum Gasteiger partial charge on any atom is -0.389 e. The molecule has 2 aliphatic carbocycles. The Kier molecular flexibility index (Phi) is 8.32. The third-order valence-electron chi connectivity index (χ3n) is 8.71. The van der Waals surface area contributed by atoms with Gasteiger partial charge in [-0.05, 0) is 36.3 Å². The molecule has 1 heterocycles. The Balaban J connectivity index is 1.41. The third-order valence-corrected chi connectivity index (χ3v) is 8.71. The number of carbonyl (C=O) groups is 4. The van der Waals surface area contributed by atoms with Crippen LogP contribution in [0.2, 0.25) is 0 Å². The Morgan fingerprint density at radius 3 is 2.08 bits per heavy atom. The summed E-state index contributed by atoms with van der Waals surface area (Å²) in [6.07, 6.45) is 6.04. The number of fused-ring (bicyclic) bond motifs is 3. The highest BCUT2D eigenvalue weighted by atomic mass is 16.3. The molecule has 212 valence electrons. The zero-order valence-corrected chi connectivity index (χ0v) is 22.5. The normalized spacial score (nSPS) is 21.1. The van der Waals surface area contributed by atoms with Crippen molar-refractivity contribution in [3.8, 4) is 11.1 Å². The van der Waals surface area contributed by atoms with E-state index >= 15 is 0 Å². The number of Topliss-reactive ketones (excluding diaryl/α,β-unsaturated/α-hetero) is 1. The number of benzene rings is 2. The van der Waals surface area contributed by atoms with Crippen LogP contribution in [0.15, 0.2) is 48.5 Å². The van der Waals surface area contributed by atoms with Crippen molar-refractivity contribution in [1.29, 1.82) is 0 Å². The van der Waals surface area contributed by atoms with Gasteiger partial charge in [0.2, 0.25) is 11.8 Å². The van der Waals surface area contributed by atoms with Crippen molar-refractivity contribution in [2.45, 2.75) is 69.1 Å². The molecule has 0 bridgehead atoms. The summed E-state index contributed by atoms with van der Waals surface area (Å²) < 4.78 is 0. The second-order valence-electron chi connectivity index (χ2n) is 11.3. The van der Waals surface area contributed by atoms with Crippen LogP contribution in [-0.4, -0.2) is 59.0 Å². The molecule has 1 aliphatic heterocycles. The molecule has 2 aromatic carbocycles. The lowest BCUT2D eigenvalue weighted by Gasteiger charge is -2.31. The molecule has 1 saturated heterocycles. The summed E-state index contributed by atoms with van der Waals surface area (Å²) in [5.74, 6) is -2.28. The van der Waals surface area contributed by atoms with Crippen molar-refractivity contribution < 1.29 is 29.4 Å². The highest BCUT2D eigenvalue weighted by Gasteiger charge is 2.48. The number of hydrogen-bond acceptors (Lipinski definition) is 6. The van der Waals surface area contributed by atoms with E-state index in [4.69, 9.17) is 0 Å². The van der Waals surface area contributed by atoms with Crippen molar-refractivity contribution in [1.82, 2.24) is 16.0 Å². The highest BCUT2D eigenvalue weighted by Crippen LogP contribution is 2.47. The predicted molar refractivity (Wildman–Crippen MR) is 148 cm³/mol. The first kappa shape index (κ1) is 28.0. The molecular formula is C31H37N3O6. The number of rotatable bonds is 10. The number of ketones is 1. The molecule has 9 nitrogen and oxygen atoms in total. The highest BCUT2D eigenvalue weighted by molar-refractivity contribution is 6.01. The lowest BCUT2D eigenvalue weighted by atomic mass is 9.84. The van der Waals surface area contributed by atoms with Gasteiger partial charge >= 0.3 is 0 Å². The van der Waals surface area contributed by atoms with Gasteiger partial charge in [-0.2, -0.15) is 0 Å². The number of amides is 3. The molecule has 2 aromatic rings. The lowest BCUT2D eigenvalue weighted by Crippen LogP contribution is -2.56. The fourth-order valence-corrected chi connectivity index (χ4v) is 6.51. The van der Waals surface area contributed by atoms with E-state index in [1.165, 1.54) is 0 Å². The van der Waals surface area contributed by atoms with E-state index in [-0.39, 0.29) is 18.2 Å². The minimum atomic E-state index is -1.99. The largest absolute Gasteiger partial charge is 0.389 e. The van der Waals surface area contributed by atoms with E-state index in [9.17, 15) is 29.4 Å². The van der Waals surface area contributed by atoms with E-state index in [1.807, 2.05) is 24.3 Å². The molecule has 5 rings (SSSR count). The Morgan fingerprint density at radius 1 is 0.875 bits per heavy atom. The van der Waals surface area contributed by atoms with Gasteiger partial charge in [-0.1, -0.05) is 80.6 Å². The zero-order valence-electron chi connectivity index (χ0n) is 22.5. The number of carbonyl (C=O) groups excluding carboxylic acids is 4. The molecule has 0 aromatic heterocycles. The summed E-state index contributed by atoms with van der Waals surface area (Å²) in [6, 6.07) is 12.3. The Bertz CT molecular complexity index is 1240. The maximum atomic E-state index is 13.9. The first-order valence-corrected chi connectivity index (χ1v) is 14.3.